The number of nitriles is 2. The molecule has 0 radical (unpaired) electrons. The minimum Gasteiger partial charge on any atom is -0.406 e. The fraction of sp³-hybridized carbons (Fsp3) is 0.0909. The van der Waals surface area contributed by atoms with E-state index < -0.39 is 17.9 Å². The van der Waals surface area contributed by atoms with Gasteiger partial charge in [0.15, 0.2) is 0 Å². The SMILES string of the molecule is N#CC(C#N)=CNc1cc(F)cc(OC(F)(F)F)c1. The number of nitrogens with one attached hydrogen (secondary N) is 1. The van der Waals surface area contributed by atoms with E-state index >= 15 is 0 Å². The number of halogens is 4. The Bertz CT molecular complexity index is 565. The predicted molar refractivity (Wildman–Crippen MR) is 56.0 cm³/mol. The van der Waals surface area contributed by atoms with Gasteiger partial charge in [-0.3, -0.25) is 0 Å². The molecule has 0 unspecified atom stereocenters. The number of anilines is 1. The Morgan fingerprint density at radius 1 is 1.21 bits per heavy atom. The molecule has 0 atom stereocenters. The molecule has 98 valence electrons. The molecule has 0 aliphatic rings. The van der Waals surface area contributed by atoms with Gasteiger partial charge in [-0.25, -0.2) is 4.39 Å². The van der Waals surface area contributed by atoms with E-state index in [-0.39, 0.29) is 11.3 Å². The highest BCUT2D eigenvalue weighted by Crippen LogP contribution is 2.26. The standard InChI is InChI=1S/C11H5F4N3O/c12-8-1-9(18-6-7(4-16)5-17)3-10(2-8)19-11(13,14)15/h1-3,6,18H. The Balaban J connectivity index is 2.96. The zero-order chi connectivity index (χ0) is 14.5. The van der Waals surface area contributed by atoms with Crippen LogP contribution in [-0.4, -0.2) is 6.36 Å². The number of allylic oxidation sites excluding steroid dienone is 1. The van der Waals surface area contributed by atoms with Crippen molar-refractivity contribution in [3.05, 3.63) is 35.8 Å². The average Bonchev–Trinajstić information content (AvgIpc) is 2.27. The maximum atomic E-state index is 13.1. The second kappa shape index (κ2) is 5.74. The van der Waals surface area contributed by atoms with Gasteiger partial charge in [0.25, 0.3) is 0 Å². The largest absolute Gasteiger partial charge is 0.573 e. The quantitative estimate of drug-likeness (QED) is 0.677. The molecule has 0 fully saturated rings. The van der Waals surface area contributed by atoms with E-state index in [4.69, 9.17) is 10.5 Å². The van der Waals surface area contributed by atoms with Crippen LogP contribution in [0.1, 0.15) is 0 Å². The first-order valence-corrected chi connectivity index (χ1v) is 4.67. The van der Waals surface area contributed by atoms with Crippen LogP contribution in [0.2, 0.25) is 0 Å². The Labute approximate surface area is 105 Å². The summed E-state index contributed by atoms with van der Waals surface area (Å²) in [5.74, 6) is -1.72. The molecule has 1 aromatic rings. The normalized spacial score (nSPS) is 10.0. The average molecular weight is 271 g/mol. The van der Waals surface area contributed by atoms with Crippen LogP contribution >= 0.6 is 0 Å². The van der Waals surface area contributed by atoms with Gasteiger partial charge in [-0.2, -0.15) is 10.5 Å². The van der Waals surface area contributed by atoms with E-state index in [0.29, 0.717) is 6.07 Å². The van der Waals surface area contributed by atoms with Crippen molar-refractivity contribution >= 4 is 5.69 Å². The second-order valence-corrected chi connectivity index (χ2v) is 3.15. The lowest BCUT2D eigenvalue weighted by atomic mass is 10.3. The predicted octanol–water partition coefficient (Wildman–Crippen LogP) is 3.07. The van der Waals surface area contributed by atoms with Crippen LogP contribution in [0.3, 0.4) is 0 Å². The first-order chi connectivity index (χ1) is 8.84. The number of alkyl halides is 3. The lowest BCUT2D eigenvalue weighted by Crippen LogP contribution is -2.17. The van der Waals surface area contributed by atoms with Gasteiger partial charge in [0.2, 0.25) is 0 Å². The highest BCUT2D eigenvalue weighted by molar-refractivity contribution is 5.52. The van der Waals surface area contributed by atoms with Crippen molar-refractivity contribution < 1.29 is 22.3 Å². The summed E-state index contributed by atoms with van der Waals surface area (Å²) in [6.45, 7) is 0. The summed E-state index contributed by atoms with van der Waals surface area (Å²) in [6.07, 6.45) is -4.00. The van der Waals surface area contributed by atoms with E-state index in [1.54, 1.807) is 0 Å². The molecule has 0 saturated carbocycles. The molecule has 1 rings (SSSR count). The van der Waals surface area contributed by atoms with Gasteiger partial charge in [0.1, 0.15) is 29.3 Å². The third-order valence-electron chi connectivity index (χ3n) is 1.73. The minimum atomic E-state index is -4.94. The molecule has 1 aromatic carbocycles. The molecular weight excluding hydrogens is 266 g/mol. The topological polar surface area (TPSA) is 68.8 Å². The van der Waals surface area contributed by atoms with E-state index in [2.05, 4.69) is 10.1 Å². The van der Waals surface area contributed by atoms with Crippen LogP contribution in [0.4, 0.5) is 23.2 Å². The van der Waals surface area contributed by atoms with Gasteiger partial charge in [-0.1, -0.05) is 0 Å². The van der Waals surface area contributed by atoms with Crippen LogP contribution in [0.5, 0.6) is 5.75 Å². The highest BCUT2D eigenvalue weighted by atomic mass is 19.4. The lowest BCUT2D eigenvalue weighted by Gasteiger charge is -2.10. The highest BCUT2D eigenvalue weighted by Gasteiger charge is 2.31. The monoisotopic (exact) mass is 271 g/mol. The molecule has 0 aliphatic heterocycles. The minimum absolute atomic E-state index is 0.0951. The first-order valence-electron chi connectivity index (χ1n) is 4.67. The Morgan fingerprint density at radius 2 is 1.84 bits per heavy atom. The Kier molecular flexibility index (Phi) is 4.32. The molecular formula is C11H5F4N3O. The number of hydrogen-bond acceptors (Lipinski definition) is 4. The van der Waals surface area contributed by atoms with Crippen LogP contribution < -0.4 is 10.1 Å². The van der Waals surface area contributed by atoms with Crippen molar-refractivity contribution in [2.45, 2.75) is 6.36 Å². The summed E-state index contributed by atoms with van der Waals surface area (Å²) < 4.78 is 52.5. The van der Waals surface area contributed by atoms with Crippen molar-refractivity contribution in [1.82, 2.24) is 0 Å². The van der Waals surface area contributed by atoms with Crippen LogP contribution in [0, 0.1) is 28.5 Å². The van der Waals surface area contributed by atoms with Gasteiger partial charge in [0, 0.05) is 24.0 Å². The van der Waals surface area contributed by atoms with Crippen molar-refractivity contribution in [1.29, 1.82) is 10.5 Å². The summed E-state index contributed by atoms with van der Waals surface area (Å²) in [4.78, 5) is 0. The van der Waals surface area contributed by atoms with Gasteiger partial charge in [-0.15, -0.1) is 13.2 Å². The third kappa shape index (κ3) is 4.96. The number of rotatable bonds is 3. The van der Waals surface area contributed by atoms with Crippen molar-refractivity contribution in [2.75, 3.05) is 5.32 Å². The van der Waals surface area contributed by atoms with Crippen LogP contribution in [0.15, 0.2) is 30.0 Å². The van der Waals surface area contributed by atoms with Crippen LogP contribution in [0.25, 0.3) is 0 Å². The summed E-state index contributed by atoms with van der Waals surface area (Å²) in [5, 5.41) is 19.2. The maximum absolute atomic E-state index is 13.1. The molecule has 4 nitrogen and oxygen atoms in total. The second-order valence-electron chi connectivity index (χ2n) is 3.15. The molecule has 0 saturated heterocycles. The number of ether oxygens (including phenoxy) is 1. The molecule has 0 aliphatic carbocycles. The summed E-state index contributed by atoms with van der Waals surface area (Å²) in [6, 6.07) is 5.35. The van der Waals surface area contributed by atoms with E-state index in [1.165, 1.54) is 12.1 Å². The van der Waals surface area contributed by atoms with Crippen LogP contribution in [-0.2, 0) is 0 Å². The van der Waals surface area contributed by atoms with Crippen molar-refractivity contribution in [3.63, 3.8) is 0 Å². The van der Waals surface area contributed by atoms with Crippen molar-refractivity contribution in [3.8, 4) is 17.9 Å². The summed E-state index contributed by atoms with van der Waals surface area (Å²) in [7, 11) is 0. The molecule has 19 heavy (non-hydrogen) atoms. The molecule has 0 heterocycles. The Hall–Kier alpha value is -2.74. The zero-order valence-corrected chi connectivity index (χ0v) is 9.12. The van der Waals surface area contributed by atoms with E-state index in [1.807, 2.05) is 0 Å². The van der Waals surface area contributed by atoms with Gasteiger partial charge < -0.3 is 10.1 Å². The smallest absolute Gasteiger partial charge is 0.406 e. The summed E-state index contributed by atoms with van der Waals surface area (Å²) >= 11 is 0. The Morgan fingerprint density at radius 3 is 2.37 bits per heavy atom. The summed E-state index contributed by atoms with van der Waals surface area (Å²) in [5.41, 5.74) is -0.412. The molecule has 0 aromatic heterocycles. The number of hydrogen-bond donors (Lipinski definition) is 1. The van der Waals surface area contributed by atoms with Gasteiger partial charge in [-0.05, 0) is 6.07 Å². The number of benzene rings is 1. The number of nitrogens with zero attached hydrogens (tertiary/aromatic N) is 2. The van der Waals surface area contributed by atoms with Gasteiger partial charge >= 0.3 is 6.36 Å². The fourth-order valence-electron chi connectivity index (χ4n) is 1.08. The van der Waals surface area contributed by atoms with E-state index in [0.717, 1.165) is 18.3 Å². The van der Waals surface area contributed by atoms with Gasteiger partial charge in [0.05, 0.1) is 0 Å². The molecule has 0 spiro atoms. The third-order valence-corrected chi connectivity index (χ3v) is 1.73. The molecule has 8 heteroatoms. The van der Waals surface area contributed by atoms with Crippen molar-refractivity contribution in [2.24, 2.45) is 0 Å². The lowest BCUT2D eigenvalue weighted by molar-refractivity contribution is -0.274. The molecule has 0 bridgehead atoms. The first kappa shape index (κ1) is 14.3. The van der Waals surface area contributed by atoms with E-state index in [9.17, 15) is 17.6 Å². The molecule has 1 N–H and O–H groups in total. The maximum Gasteiger partial charge on any atom is 0.573 e. The fourth-order valence-corrected chi connectivity index (χ4v) is 1.08. The zero-order valence-electron chi connectivity index (χ0n) is 9.12. The molecule has 0 amide bonds.